The highest BCUT2D eigenvalue weighted by molar-refractivity contribution is 4.89. The van der Waals surface area contributed by atoms with Crippen molar-refractivity contribution in [2.45, 2.75) is 50.9 Å². The number of ether oxygens (including phenoxy) is 1. The van der Waals surface area contributed by atoms with E-state index in [1.165, 1.54) is 19.3 Å². The molecular weight excluding hydrogens is 140 g/mol. The lowest BCUT2D eigenvalue weighted by Gasteiger charge is -2.19. The zero-order chi connectivity index (χ0) is 7.84. The number of aliphatic hydroxyl groups excluding tert-OH is 1. The summed E-state index contributed by atoms with van der Waals surface area (Å²) in [5.41, 5.74) is 0. The Balaban J connectivity index is 1.87. The number of fused-ring (bicyclic) bond motifs is 2. The summed E-state index contributed by atoms with van der Waals surface area (Å²) in [6.45, 7) is 1.87. The molecular formula is C9H16O2. The standard InChI is InChI=1S/C9H16O2/c1-6(10)4-7-5-8-2-3-9(7)11-8/h6-10H,2-5H2,1H3. The lowest BCUT2D eigenvalue weighted by molar-refractivity contribution is 0.0785. The van der Waals surface area contributed by atoms with E-state index in [1.54, 1.807) is 0 Å². The molecule has 0 aliphatic carbocycles. The first-order valence-electron chi connectivity index (χ1n) is 4.59. The molecule has 4 unspecified atom stereocenters. The van der Waals surface area contributed by atoms with Gasteiger partial charge in [0.2, 0.25) is 0 Å². The fraction of sp³-hybridized carbons (Fsp3) is 1.00. The minimum absolute atomic E-state index is 0.150. The van der Waals surface area contributed by atoms with E-state index in [-0.39, 0.29) is 6.10 Å². The van der Waals surface area contributed by atoms with Gasteiger partial charge in [-0.3, -0.25) is 0 Å². The van der Waals surface area contributed by atoms with Gasteiger partial charge in [0.25, 0.3) is 0 Å². The number of hydrogen-bond acceptors (Lipinski definition) is 2. The minimum Gasteiger partial charge on any atom is -0.393 e. The molecule has 1 N–H and O–H groups in total. The Morgan fingerprint density at radius 2 is 2.36 bits per heavy atom. The molecule has 4 atom stereocenters. The van der Waals surface area contributed by atoms with Crippen molar-refractivity contribution in [1.29, 1.82) is 0 Å². The van der Waals surface area contributed by atoms with Crippen molar-refractivity contribution in [2.24, 2.45) is 5.92 Å². The maximum Gasteiger partial charge on any atom is 0.0609 e. The van der Waals surface area contributed by atoms with Crippen molar-refractivity contribution >= 4 is 0 Å². The van der Waals surface area contributed by atoms with Gasteiger partial charge in [0.15, 0.2) is 0 Å². The normalized spacial score (nSPS) is 44.7. The second-order valence-corrected chi connectivity index (χ2v) is 3.95. The topological polar surface area (TPSA) is 29.5 Å². The van der Waals surface area contributed by atoms with Gasteiger partial charge in [0, 0.05) is 0 Å². The van der Waals surface area contributed by atoms with Gasteiger partial charge in [-0.1, -0.05) is 0 Å². The van der Waals surface area contributed by atoms with Crippen LogP contribution in [0.5, 0.6) is 0 Å². The third kappa shape index (κ3) is 1.42. The van der Waals surface area contributed by atoms with Crippen LogP contribution in [0, 0.1) is 5.92 Å². The first kappa shape index (κ1) is 7.56. The Morgan fingerprint density at radius 1 is 1.55 bits per heavy atom. The molecule has 2 heteroatoms. The van der Waals surface area contributed by atoms with Gasteiger partial charge >= 0.3 is 0 Å². The van der Waals surface area contributed by atoms with E-state index in [0.717, 1.165) is 6.42 Å². The van der Waals surface area contributed by atoms with Gasteiger partial charge in [-0.2, -0.15) is 0 Å². The van der Waals surface area contributed by atoms with E-state index < -0.39 is 0 Å². The summed E-state index contributed by atoms with van der Waals surface area (Å²) >= 11 is 0. The van der Waals surface area contributed by atoms with Gasteiger partial charge in [0.1, 0.15) is 0 Å². The van der Waals surface area contributed by atoms with E-state index in [2.05, 4.69) is 0 Å². The average Bonchev–Trinajstić information content (AvgIpc) is 2.45. The van der Waals surface area contributed by atoms with Gasteiger partial charge in [-0.15, -0.1) is 0 Å². The highest BCUT2D eigenvalue weighted by Gasteiger charge is 2.40. The monoisotopic (exact) mass is 156 g/mol. The molecule has 2 saturated heterocycles. The first-order valence-corrected chi connectivity index (χ1v) is 4.59. The third-order valence-electron chi connectivity index (χ3n) is 2.88. The van der Waals surface area contributed by atoms with Crippen LogP contribution >= 0.6 is 0 Å². The van der Waals surface area contributed by atoms with Crippen molar-refractivity contribution in [3.8, 4) is 0 Å². The molecule has 11 heavy (non-hydrogen) atoms. The second-order valence-electron chi connectivity index (χ2n) is 3.95. The zero-order valence-electron chi connectivity index (χ0n) is 6.99. The average molecular weight is 156 g/mol. The van der Waals surface area contributed by atoms with Gasteiger partial charge < -0.3 is 9.84 Å². The summed E-state index contributed by atoms with van der Waals surface area (Å²) < 4.78 is 5.67. The predicted molar refractivity (Wildman–Crippen MR) is 42.3 cm³/mol. The number of hydrogen-bond donors (Lipinski definition) is 1. The van der Waals surface area contributed by atoms with Crippen molar-refractivity contribution in [1.82, 2.24) is 0 Å². The van der Waals surface area contributed by atoms with Gasteiger partial charge in [0.05, 0.1) is 18.3 Å². The summed E-state index contributed by atoms with van der Waals surface area (Å²) in [4.78, 5) is 0. The Bertz CT molecular complexity index is 144. The molecule has 0 spiro atoms. The smallest absolute Gasteiger partial charge is 0.0609 e. The molecule has 2 nitrogen and oxygen atoms in total. The Labute approximate surface area is 67.6 Å². The van der Waals surface area contributed by atoms with Crippen LogP contribution in [0.3, 0.4) is 0 Å². The third-order valence-corrected chi connectivity index (χ3v) is 2.88. The zero-order valence-corrected chi connectivity index (χ0v) is 6.99. The van der Waals surface area contributed by atoms with Crippen molar-refractivity contribution in [2.75, 3.05) is 0 Å². The summed E-state index contributed by atoms with van der Waals surface area (Å²) in [6.07, 6.45) is 5.46. The predicted octanol–water partition coefficient (Wildman–Crippen LogP) is 1.32. The summed E-state index contributed by atoms with van der Waals surface area (Å²) in [5.74, 6) is 0.647. The van der Waals surface area contributed by atoms with E-state index >= 15 is 0 Å². The molecule has 0 amide bonds. The molecule has 2 heterocycles. The Morgan fingerprint density at radius 3 is 2.82 bits per heavy atom. The maximum absolute atomic E-state index is 9.19. The summed E-state index contributed by atoms with van der Waals surface area (Å²) in [6, 6.07) is 0. The van der Waals surface area contributed by atoms with E-state index in [1.807, 2.05) is 6.92 Å². The van der Waals surface area contributed by atoms with E-state index in [0.29, 0.717) is 18.1 Å². The highest BCUT2D eigenvalue weighted by Crippen LogP contribution is 2.40. The van der Waals surface area contributed by atoms with Crippen LogP contribution in [0.4, 0.5) is 0 Å². The van der Waals surface area contributed by atoms with Crippen LogP contribution in [-0.4, -0.2) is 23.4 Å². The summed E-state index contributed by atoms with van der Waals surface area (Å²) in [7, 11) is 0. The molecule has 2 fully saturated rings. The van der Waals surface area contributed by atoms with Gasteiger partial charge in [-0.05, 0) is 38.5 Å². The molecule has 2 rings (SSSR count). The van der Waals surface area contributed by atoms with Crippen LogP contribution in [0.15, 0.2) is 0 Å². The maximum atomic E-state index is 9.19. The number of aliphatic hydroxyl groups is 1. The lowest BCUT2D eigenvalue weighted by Crippen LogP contribution is -2.20. The molecule has 0 aromatic carbocycles. The Kier molecular flexibility index (Phi) is 1.90. The fourth-order valence-electron chi connectivity index (χ4n) is 2.43. The largest absolute Gasteiger partial charge is 0.393 e. The van der Waals surface area contributed by atoms with Crippen molar-refractivity contribution < 1.29 is 9.84 Å². The highest BCUT2D eigenvalue weighted by atomic mass is 16.5. The Hall–Kier alpha value is -0.0800. The molecule has 0 radical (unpaired) electrons. The SMILES string of the molecule is CC(O)CC1CC2CCC1O2. The molecule has 0 saturated carbocycles. The van der Waals surface area contributed by atoms with E-state index in [4.69, 9.17) is 4.74 Å². The van der Waals surface area contributed by atoms with Crippen LogP contribution in [0.25, 0.3) is 0 Å². The minimum atomic E-state index is -0.150. The van der Waals surface area contributed by atoms with Crippen LogP contribution in [-0.2, 0) is 4.74 Å². The van der Waals surface area contributed by atoms with Gasteiger partial charge in [-0.25, -0.2) is 0 Å². The van der Waals surface area contributed by atoms with E-state index in [9.17, 15) is 5.11 Å². The summed E-state index contributed by atoms with van der Waals surface area (Å²) in [5, 5.41) is 9.19. The quantitative estimate of drug-likeness (QED) is 0.653. The molecule has 0 aromatic heterocycles. The second kappa shape index (κ2) is 2.76. The van der Waals surface area contributed by atoms with Crippen LogP contribution < -0.4 is 0 Å². The van der Waals surface area contributed by atoms with Crippen LogP contribution in [0.1, 0.15) is 32.6 Å². The molecule has 64 valence electrons. The molecule has 2 aliphatic heterocycles. The first-order chi connectivity index (χ1) is 5.25. The molecule has 2 bridgehead atoms. The van der Waals surface area contributed by atoms with Crippen molar-refractivity contribution in [3.05, 3.63) is 0 Å². The lowest BCUT2D eigenvalue weighted by atomic mass is 9.86. The van der Waals surface area contributed by atoms with Crippen LogP contribution in [0.2, 0.25) is 0 Å². The fourth-order valence-corrected chi connectivity index (χ4v) is 2.43. The van der Waals surface area contributed by atoms with Crippen molar-refractivity contribution in [3.63, 3.8) is 0 Å². The number of rotatable bonds is 2. The molecule has 0 aromatic rings. The molecule has 2 aliphatic rings.